The molecule has 16 heavy (non-hydrogen) atoms. The molecule has 0 aliphatic rings. The molecule has 0 aliphatic carbocycles. The summed E-state index contributed by atoms with van der Waals surface area (Å²) < 4.78 is 10.6. The van der Waals surface area contributed by atoms with E-state index in [2.05, 4.69) is 0 Å². The highest BCUT2D eigenvalue weighted by molar-refractivity contribution is 7.52. The van der Waals surface area contributed by atoms with Gasteiger partial charge in [-0.15, -0.1) is 0 Å². The lowest BCUT2D eigenvalue weighted by molar-refractivity contribution is -0.117. The lowest BCUT2D eigenvalue weighted by Crippen LogP contribution is -2.17. The molecular weight excluding hydrogens is 229 g/mol. The van der Waals surface area contributed by atoms with Crippen LogP contribution in [0.15, 0.2) is 30.3 Å². The van der Waals surface area contributed by atoms with Gasteiger partial charge in [-0.05, 0) is 5.56 Å². The van der Waals surface area contributed by atoms with Crippen LogP contribution in [-0.4, -0.2) is 21.7 Å². The molecule has 0 aromatic heterocycles. The van der Waals surface area contributed by atoms with Crippen molar-refractivity contribution in [3.05, 3.63) is 35.9 Å². The van der Waals surface area contributed by atoms with Crippen LogP contribution in [0.5, 0.6) is 0 Å². The molecule has 6 heteroatoms. The Morgan fingerprint density at radius 2 is 1.88 bits per heavy atom. The van der Waals surface area contributed by atoms with Crippen LogP contribution in [0, 0.1) is 0 Å². The van der Waals surface area contributed by atoms with Crippen LogP contribution in [0.2, 0.25) is 0 Å². The Morgan fingerprint density at radius 3 is 2.38 bits per heavy atom. The predicted octanol–water partition coefficient (Wildman–Crippen LogP) is 0.823. The maximum Gasteiger partial charge on any atom is 0.332 e. The van der Waals surface area contributed by atoms with Crippen LogP contribution in [0.1, 0.15) is 18.0 Å². The van der Waals surface area contributed by atoms with Crippen molar-refractivity contribution in [2.75, 3.05) is 6.16 Å². The Balaban J connectivity index is 2.56. The average Bonchev–Trinajstić information content (AvgIpc) is 2.16. The Bertz CT molecular complexity index is 401. The topological polar surface area (TPSA) is 101 Å². The number of hydrogen-bond acceptors (Lipinski definition) is 3. The number of benzene rings is 1. The van der Waals surface area contributed by atoms with Gasteiger partial charge in [-0.25, -0.2) is 0 Å². The molecular formula is C10H14NO4P. The zero-order valence-corrected chi connectivity index (χ0v) is 9.51. The van der Waals surface area contributed by atoms with Crippen LogP contribution in [0.25, 0.3) is 0 Å². The number of hydrogen-bond donors (Lipinski definition) is 3. The lowest BCUT2D eigenvalue weighted by atomic mass is 10.0. The van der Waals surface area contributed by atoms with E-state index in [1.54, 1.807) is 24.3 Å². The van der Waals surface area contributed by atoms with Crippen molar-refractivity contribution in [3.63, 3.8) is 0 Å². The molecule has 0 aliphatic heterocycles. The summed E-state index contributed by atoms with van der Waals surface area (Å²) in [6, 6.07) is 8.45. The summed E-state index contributed by atoms with van der Waals surface area (Å²) in [7, 11) is -4.27. The fraction of sp³-hybridized carbons (Fsp3) is 0.300. The van der Waals surface area contributed by atoms with E-state index in [-0.39, 0.29) is 6.42 Å². The molecule has 0 saturated carbocycles. The van der Waals surface area contributed by atoms with Gasteiger partial charge in [-0.3, -0.25) is 9.36 Å². The van der Waals surface area contributed by atoms with Crippen LogP contribution >= 0.6 is 7.60 Å². The Morgan fingerprint density at radius 1 is 1.31 bits per heavy atom. The third-order valence-electron chi connectivity index (χ3n) is 2.06. The van der Waals surface area contributed by atoms with Crippen LogP contribution < -0.4 is 5.73 Å². The van der Waals surface area contributed by atoms with Gasteiger partial charge in [0.15, 0.2) is 0 Å². The molecule has 0 saturated heterocycles. The highest BCUT2D eigenvalue weighted by Gasteiger charge is 2.21. The zero-order chi connectivity index (χ0) is 12.2. The number of rotatable bonds is 5. The summed E-state index contributed by atoms with van der Waals surface area (Å²) in [4.78, 5) is 28.5. The molecule has 0 radical (unpaired) electrons. The summed E-state index contributed by atoms with van der Waals surface area (Å²) in [6.45, 7) is 0. The molecule has 88 valence electrons. The fourth-order valence-electron chi connectivity index (χ4n) is 1.36. The van der Waals surface area contributed by atoms with Crippen molar-refractivity contribution in [1.29, 1.82) is 0 Å². The third kappa shape index (κ3) is 4.68. The number of carbonyl (C=O) groups excluding carboxylic acids is 1. The first-order chi connectivity index (χ1) is 7.38. The molecule has 4 N–H and O–H groups in total. The molecule has 0 heterocycles. The Labute approximate surface area is 93.4 Å². The minimum atomic E-state index is -4.27. The van der Waals surface area contributed by atoms with Gasteiger partial charge < -0.3 is 15.5 Å². The van der Waals surface area contributed by atoms with Gasteiger partial charge in [0, 0.05) is 12.5 Å². The second-order valence-electron chi connectivity index (χ2n) is 3.58. The Kier molecular flexibility index (Phi) is 4.38. The molecule has 0 amide bonds. The van der Waals surface area contributed by atoms with Crippen LogP contribution in [-0.2, 0) is 9.36 Å². The monoisotopic (exact) mass is 243 g/mol. The third-order valence-corrected chi connectivity index (χ3v) is 2.82. The van der Waals surface area contributed by atoms with Gasteiger partial charge >= 0.3 is 7.60 Å². The minimum absolute atomic E-state index is 0.0604. The second kappa shape index (κ2) is 5.37. The van der Waals surface area contributed by atoms with E-state index in [4.69, 9.17) is 15.5 Å². The molecule has 0 fully saturated rings. The van der Waals surface area contributed by atoms with Gasteiger partial charge in [0.2, 0.25) is 0 Å². The highest BCUT2D eigenvalue weighted by atomic mass is 31.2. The first-order valence-electron chi connectivity index (χ1n) is 4.75. The largest absolute Gasteiger partial charge is 0.332 e. The van der Waals surface area contributed by atoms with Gasteiger partial charge in [0.1, 0.15) is 11.9 Å². The zero-order valence-electron chi connectivity index (χ0n) is 8.61. The minimum Gasteiger partial charge on any atom is -0.324 e. The summed E-state index contributed by atoms with van der Waals surface area (Å²) in [5.41, 5.74) is 6.52. The number of ketones is 1. The van der Waals surface area contributed by atoms with Gasteiger partial charge in [-0.1, -0.05) is 30.3 Å². The van der Waals surface area contributed by atoms with Crippen LogP contribution in [0.3, 0.4) is 0 Å². The van der Waals surface area contributed by atoms with Gasteiger partial charge in [0.05, 0.1) is 0 Å². The first-order valence-corrected chi connectivity index (χ1v) is 6.55. The predicted molar refractivity (Wildman–Crippen MR) is 59.9 cm³/mol. The van der Waals surface area contributed by atoms with Crippen LogP contribution in [0.4, 0.5) is 0 Å². The molecule has 5 nitrogen and oxygen atoms in total. The summed E-state index contributed by atoms with van der Waals surface area (Å²) in [5.74, 6) is -0.523. The molecule has 0 bridgehead atoms. The maximum atomic E-state index is 11.3. The average molecular weight is 243 g/mol. The van der Waals surface area contributed by atoms with Crippen molar-refractivity contribution >= 4 is 13.4 Å². The quantitative estimate of drug-likeness (QED) is 0.665. The summed E-state index contributed by atoms with van der Waals surface area (Å²) in [5, 5.41) is 0. The van der Waals surface area contributed by atoms with E-state index < -0.39 is 25.6 Å². The van der Waals surface area contributed by atoms with E-state index in [1.807, 2.05) is 6.07 Å². The Hall–Kier alpha value is -1.00. The highest BCUT2D eigenvalue weighted by Crippen LogP contribution is 2.34. The SMILES string of the molecule is NC(CC(=O)CP(=O)(O)O)c1ccccc1. The van der Waals surface area contributed by atoms with Crippen molar-refractivity contribution < 1.29 is 19.1 Å². The molecule has 1 unspecified atom stereocenters. The first kappa shape index (κ1) is 13.1. The van der Waals surface area contributed by atoms with E-state index in [0.29, 0.717) is 0 Å². The fourth-order valence-corrected chi connectivity index (χ4v) is 1.95. The summed E-state index contributed by atoms with van der Waals surface area (Å²) >= 11 is 0. The van der Waals surface area contributed by atoms with E-state index in [9.17, 15) is 9.36 Å². The van der Waals surface area contributed by atoms with Gasteiger partial charge in [-0.2, -0.15) is 0 Å². The van der Waals surface area contributed by atoms with Crippen molar-refractivity contribution in [1.82, 2.24) is 0 Å². The van der Waals surface area contributed by atoms with Crippen molar-refractivity contribution in [3.8, 4) is 0 Å². The van der Waals surface area contributed by atoms with E-state index in [1.165, 1.54) is 0 Å². The number of carbonyl (C=O) groups is 1. The molecule has 1 rings (SSSR count). The maximum absolute atomic E-state index is 11.3. The number of Topliss-reactive ketones (excluding diaryl/α,β-unsaturated/α-hetero) is 1. The smallest absolute Gasteiger partial charge is 0.324 e. The summed E-state index contributed by atoms with van der Waals surface area (Å²) in [6.07, 6.45) is -0.803. The standard InChI is InChI=1S/C10H14NO4P/c11-10(8-4-2-1-3-5-8)6-9(12)7-16(13,14)15/h1-5,10H,6-7,11H2,(H2,13,14,15). The molecule has 1 aromatic carbocycles. The normalized spacial score (nSPS) is 13.4. The van der Waals surface area contributed by atoms with Crippen molar-refractivity contribution in [2.45, 2.75) is 12.5 Å². The van der Waals surface area contributed by atoms with Gasteiger partial charge in [0.25, 0.3) is 0 Å². The molecule has 1 aromatic rings. The number of nitrogens with two attached hydrogens (primary N) is 1. The lowest BCUT2D eigenvalue weighted by Gasteiger charge is -2.11. The van der Waals surface area contributed by atoms with Crippen molar-refractivity contribution in [2.24, 2.45) is 5.73 Å². The molecule has 0 spiro atoms. The second-order valence-corrected chi connectivity index (χ2v) is 5.23. The molecule has 1 atom stereocenters. The van der Waals surface area contributed by atoms with E-state index >= 15 is 0 Å². The van der Waals surface area contributed by atoms with E-state index in [0.717, 1.165) is 5.56 Å².